The SMILES string of the molecule is CN(O)C(=O)CC1(O)C=C(c2ccccc2)Oc2cc(O)c(Cl)c(O)c21. The second kappa shape index (κ2) is 6.53. The van der Waals surface area contributed by atoms with Gasteiger partial charge in [0.15, 0.2) is 0 Å². The van der Waals surface area contributed by atoms with Crippen molar-refractivity contribution in [2.75, 3.05) is 7.05 Å². The van der Waals surface area contributed by atoms with Crippen LogP contribution in [-0.2, 0) is 10.4 Å². The van der Waals surface area contributed by atoms with Crippen LogP contribution in [0.2, 0.25) is 5.02 Å². The molecule has 0 aromatic heterocycles. The molecule has 1 heterocycles. The molecule has 8 heteroatoms. The van der Waals surface area contributed by atoms with Crippen LogP contribution in [0.5, 0.6) is 17.2 Å². The van der Waals surface area contributed by atoms with E-state index in [0.29, 0.717) is 10.6 Å². The Kier molecular flexibility index (Phi) is 4.53. The van der Waals surface area contributed by atoms with Gasteiger partial charge in [-0.05, 0) is 6.08 Å². The van der Waals surface area contributed by atoms with Crippen LogP contribution in [0.3, 0.4) is 0 Å². The predicted molar refractivity (Wildman–Crippen MR) is 92.9 cm³/mol. The lowest BCUT2D eigenvalue weighted by atomic mass is 9.85. The summed E-state index contributed by atoms with van der Waals surface area (Å²) < 4.78 is 5.71. The van der Waals surface area contributed by atoms with Crippen molar-refractivity contribution in [3.05, 3.63) is 58.6 Å². The number of amides is 1. The zero-order chi connectivity index (χ0) is 19.1. The summed E-state index contributed by atoms with van der Waals surface area (Å²) in [5, 5.41) is 40.7. The summed E-state index contributed by atoms with van der Waals surface area (Å²) in [7, 11) is 1.12. The molecule has 0 spiro atoms. The van der Waals surface area contributed by atoms with Crippen LogP contribution in [0.1, 0.15) is 17.5 Å². The number of carbonyl (C=O) groups is 1. The first-order valence-corrected chi connectivity index (χ1v) is 7.99. The number of benzene rings is 2. The van der Waals surface area contributed by atoms with E-state index < -0.39 is 29.4 Å². The molecule has 2 aromatic carbocycles. The Hall–Kier alpha value is -2.74. The molecule has 26 heavy (non-hydrogen) atoms. The molecular formula is C18H16ClNO6. The van der Waals surface area contributed by atoms with Crippen LogP contribution in [0, 0.1) is 0 Å². The number of phenolic OH excluding ortho intramolecular Hbond substituents is 2. The smallest absolute Gasteiger partial charge is 0.249 e. The van der Waals surface area contributed by atoms with Crippen LogP contribution < -0.4 is 4.74 Å². The minimum absolute atomic E-state index is 0.0540. The van der Waals surface area contributed by atoms with E-state index in [-0.39, 0.29) is 22.1 Å². The fraction of sp³-hybridized carbons (Fsp3) is 0.167. The molecule has 0 saturated heterocycles. The van der Waals surface area contributed by atoms with Gasteiger partial charge in [-0.2, -0.15) is 0 Å². The minimum Gasteiger partial charge on any atom is -0.506 e. The molecule has 0 bridgehead atoms. The monoisotopic (exact) mass is 377 g/mol. The van der Waals surface area contributed by atoms with Gasteiger partial charge in [0, 0.05) is 18.7 Å². The van der Waals surface area contributed by atoms with Crippen LogP contribution >= 0.6 is 11.6 Å². The molecule has 0 radical (unpaired) electrons. The van der Waals surface area contributed by atoms with Crippen LogP contribution in [0.25, 0.3) is 5.76 Å². The summed E-state index contributed by atoms with van der Waals surface area (Å²) in [6.07, 6.45) is 0.681. The highest BCUT2D eigenvalue weighted by Gasteiger charge is 2.42. The zero-order valence-corrected chi connectivity index (χ0v) is 14.4. The van der Waals surface area contributed by atoms with E-state index >= 15 is 0 Å². The quantitative estimate of drug-likeness (QED) is 0.483. The van der Waals surface area contributed by atoms with Crippen molar-refractivity contribution in [2.24, 2.45) is 0 Å². The number of fused-ring (bicyclic) bond motifs is 1. The van der Waals surface area contributed by atoms with Crippen molar-refractivity contribution in [3.8, 4) is 17.2 Å². The average Bonchev–Trinajstić information content (AvgIpc) is 2.59. The number of hydrogen-bond acceptors (Lipinski definition) is 6. The van der Waals surface area contributed by atoms with Crippen LogP contribution in [0.15, 0.2) is 42.5 Å². The zero-order valence-electron chi connectivity index (χ0n) is 13.7. The van der Waals surface area contributed by atoms with Gasteiger partial charge in [-0.25, -0.2) is 5.06 Å². The number of rotatable bonds is 3. The Morgan fingerprint density at radius 3 is 2.54 bits per heavy atom. The van der Waals surface area contributed by atoms with Gasteiger partial charge in [0.25, 0.3) is 0 Å². The molecule has 1 amide bonds. The van der Waals surface area contributed by atoms with E-state index in [4.69, 9.17) is 16.3 Å². The lowest BCUT2D eigenvalue weighted by molar-refractivity contribution is -0.163. The molecule has 1 atom stereocenters. The van der Waals surface area contributed by atoms with Crippen molar-refractivity contribution >= 4 is 23.3 Å². The molecule has 1 aliphatic heterocycles. The average molecular weight is 378 g/mol. The van der Waals surface area contributed by atoms with E-state index in [1.54, 1.807) is 30.3 Å². The number of hydroxylamine groups is 2. The van der Waals surface area contributed by atoms with Crippen molar-refractivity contribution in [1.82, 2.24) is 5.06 Å². The Bertz CT molecular complexity index is 896. The number of hydrogen-bond donors (Lipinski definition) is 4. The Labute approximate surface area is 153 Å². The van der Waals surface area contributed by atoms with Gasteiger partial charge in [-0.1, -0.05) is 41.9 Å². The van der Waals surface area contributed by atoms with Crippen molar-refractivity contribution in [3.63, 3.8) is 0 Å². The Balaban J connectivity index is 2.20. The van der Waals surface area contributed by atoms with E-state index in [0.717, 1.165) is 13.1 Å². The highest BCUT2D eigenvalue weighted by atomic mass is 35.5. The maximum Gasteiger partial charge on any atom is 0.249 e. The van der Waals surface area contributed by atoms with Crippen LogP contribution in [-0.4, -0.2) is 38.5 Å². The number of halogens is 1. The van der Waals surface area contributed by atoms with Gasteiger partial charge < -0.3 is 20.1 Å². The first-order chi connectivity index (χ1) is 12.2. The highest BCUT2D eigenvalue weighted by molar-refractivity contribution is 6.33. The molecule has 1 unspecified atom stereocenters. The third-order valence-corrected chi connectivity index (χ3v) is 4.42. The number of phenols is 2. The summed E-state index contributed by atoms with van der Waals surface area (Å²) in [6, 6.07) is 9.93. The number of aliphatic hydroxyl groups is 1. The molecule has 7 nitrogen and oxygen atoms in total. The van der Waals surface area contributed by atoms with Crippen molar-refractivity contribution < 1.29 is 30.1 Å². The molecule has 0 saturated carbocycles. The molecule has 0 fully saturated rings. The third kappa shape index (κ3) is 3.08. The second-order valence-corrected chi connectivity index (χ2v) is 6.30. The Morgan fingerprint density at radius 2 is 1.92 bits per heavy atom. The Morgan fingerprint density at radius 1 is 1.27 bits per heavy atom. The molecule has 0 aliphatic carbocycles. The summed E-state index contributed by atoms with van der Waals surface area (Å²) in [5.74, 6) is -1.68. The fourth-order valence-electron chi connectivity index (χ4n) is 2.77. The van der Waals surface area contributed by atoms with Gasteiger partial charge in [-0.15, -0.1) is 0 Å². The molecule has 4 N–H and O–H groups in total. The predicted octanol–water partition coefficient (Wildman–Crippen LogP) is 2.61. The lowest BCUT2D eigenvalue weighted by Crippen LogP contribution is -2.35. The normalized spacial score (nSPS) is 18.5. The van der Waals surface area contributed by atoms with E-state index in [9.17, 15) is 25.3 Å². The van der Waals surface area contributed by atoms with Crippen LogP contribution in [0.4, 0.5) is 0 Å². The maximum absolute atomic E-state index is 12.0. The number of nitrogens with zero attached hydrogens (tertiary/aromatic N) is 1. The van der Waals surface area contributed by atoms with E-state index in [1.807, 2.05) is 0 Å². The summed E-state index contributed by atoms with van der Waals surface area (Å²) >= 11 is 5.86. The summed E-state index contributed by atoms with van der Waals surface area (Å²) in [6.45, 7) is 0. The van der Waals surface area contributed by atoms with Gasteiger partial charge in [0.05, 0.1) is 12.0 Å². The maximum atomic E-state index is 12.0. The number of carbonyl (C=O) groups excluding carboxylic acids is 1. The summed E-state index contributed by atoms with van der Waals surface area (Å²) in [4.78, 5) is 12.0. The standard InChI is InChI=1S/C18H16ClNO6/c1-20(25)14(22)9-18(24)8-13(10-5-3-2-4-6-10)26-12-7-11(21)16(19)17(23)15(12)18/h2-8,21,23-25H,9H2,1H3. The molecular weight excluding hydrogens is 362 g/mol. The largest absolute Gasteiger partial charge is 0.506 e. The second-order valence-electron chi connectivity index (χ2n) is 5.93. The van der Waals surface area contributed by atoms with Gasteiger partial charge in [0.1, 0.15) is 33.6 Å². The molecule has 3 rings (SSSR count). The molecule has 136 valence electrons. The van der Waals surface area contributed by atoms with Gasteiger partial charge >= 0.3 is 0 Å². The topological polar surface area (TPSA) is 110 Å². The third-order valence-electron chi connectivity index (χ3n) is 4.05. The van der Waals surface area contributed by atoms with E-state index in [2.05, 4.69) is 0 Å². The fourth-order valence-corrected chi connectivity index (χ4v) is 2.92. The highest BCUT2D eigenvalue weighted by Crippen LogP contribution is 2.51. The molecule has 1 aliphatic rings. The first-order valence-electron chi connectivity index (χ1n) is 7.62. The van der Waals surface area contributed by atoms with Crippen molar-refractivity contribution in [1.29, 1.82) is 0 Å². The molecule has 2 aromatic rings. The van der Waals surface area contributed by atoms with E-state index in [1.165, 1.54) is 6.08 Å². The minimum atomic E-state index is -2.02. The number of aromatic hydroxyl groups is 2. The number of ether oxygens (including phenoxy) is 1. The summed E-state index contributed by atoms with van der Waals surface area (Å²) in [5.41, 5.74) is -1.58. The van der Waals surface area contributed by atoms with Gasteiger partial charge in [0.2, 0.25) is 5.91 Å². The van der Waals surface area contributed by atoms with Crippen molar-refractivity contribution in [2.45, 2.75) is 12.0 Å². The first kappa shape index (κ1) is 18.1. The van der Waals surface area contributed by atoms with Gasteiger partial charge in [-0.3, -0.25) is 10.0 Å². The lowest BCUT2D eigenvalue weighted by Gasteiger charge is -2.33.